The lowest BCUT2D eigenvalue weighted by atomic mass is 9.93. The van der Waals surface area contributed by atoms with E-state index in [4.69, 9.17) is 16.3 Å². The van der Waals surface area contributed by atoms with Gasteiger partial charge < -0.3 is 20.1 Å². The van der Waals surface area contributed by atoms with E-state index in [0.717, 1.165) is 27.4 Å². The smallest absolute Gasteiger partial charge is 0.110 e. The molecule has 3 aromatic rings. The first kappa shape index (κ1) is 21.4. The molecule has 0 aliphatic carbocycles. The molecule has 0 bridgehead atoms. The summed E-state index contributed by atoms with van der Waals surface area (Å²) in [6.07, 6.45) is -2.57. The monoisotopic (exact) mass is 446 g/mol. The minimum Gasteiger partial charge on any atom is -0.394 e. The third-order valence-corrected chi connectivity index (χ3v) is 6.67. The molecule has 158 valence electrons. The second-order valence-electron chi connectivity index (χ2n) is 7.49. The highest BCUT2D eigenvalue weighted by Gasteiger charge is 2.37. The van der Waals surface area contributed by atoms with Gasteiger partial charge in [-0.25, -0.2) is 0 Å². The van der Waals surface area contributed by atoms with Gasteiger partial charge in [0, 0.05) is 22.7 Å². The Bertz CT molecular complexity index is 1010. The molecule has 4 unspecified atom stereocenters. The van der Waals surface area contributed by atoms with Crippen LogP contribution in [-0.4, -0.2) is 50.4 Å². The van der Waals surface area contributed by atoms with Crippen LogP contribution in [0.25, 0.3) is 10.6 Å². The van der Waals surface area contributed by atoms with Crippen LogP contribution < -0.4 is 0 Å². The quantitative estimate of drug-likeness (QED) is 0.556. The van der Waals surface area contributed by atoms with Crippen molar-refractivity contribution in [2.45, 2.75) is 44.2 Å². The maximum atomic E-state index is 10.1. The molecule has 3 heterocycles. The molecule has 0 spiro atoms. The van der Waals surface area contributed by atoms with Gasteiger partial charge >= 0.3 is 0 Å². The molecule has 8 heteroatoms. The van der Waals surface area contributed by atoms with Crippen molar-refractivity contribution in [1.29, 1.82) is 0 Å². The van der Waals surface area contributed by atoms with E-state index < -0.39 is 24.4 Å². The highest BCUT2D eigenvalue weighted by Crippen LogP contribution is 2.34. The number of aromatic nitrogens is 2. The minimum atomic E-state index is -1.10. The summed E-state index contributed by atoms with van der Waals surface area (Å²) in [5, 5.41) is 38.7. The van der Waals surface area contributed by atoms with Crippen LogP contribution in [0.1, 0.15) is 34.2 Å². The summed E-state index contributed by atoms with van der Waals surface area (Å²) >= 11 is 8.09. The lowest BCUT2D eigenvalue weighted by molar-refractivity contribution is -0.181. The number of halogens is 1. The Morgan fingerprint density at radius 3 is 2.63 bits per heavy atom. The molecule has 1 aromatic carbocycles. The van der Waals surface area contributed by atoms with E-state index in [9.17, 15) is 15.3 Å². The van der Waals surface area contributed by atoms with Gasteiger partial charge in [-0.2, -0.15) is 5.10 Å². The molecule has 0 amide bonds. The highest BCUT2D eigenvalue weighted by molar-refractivity contribution is 7.15. The van der Waals surface area contributed by atoms with Crippen LogP contribution in [0.3, 0.4) is 0 Å². The van der Waals surface area contributed by atoms with Crippen molar-refractivity contribution in [1.82, 2.24) is 10.2 Å². The number of thiophene rings is 1. The molecule has 0 saturated carbocycles. The van der Waals surface area contributed by atoms with Crippen molar-refractivity contribution in [3.63, 3.8) is 0 Å². The summed E-state index contributed by atoms with van der Waals surface area (Å²) in [5.41, 5.74) is 3.33. The molecule has 30 heavy (non-hydrogen) atoms. The Balaban J connectivity index is 1.52. The van der Waals surface area contributed by atoms with Crippen LogP contribution in [-0.2, 0) is 11.2 Å². The number of nitrogens with zero attached hydrogens (tertiary/aromatic N) is 2. The van der Waals surface area contributed by atoms with Gasteiger partial charge in [-0.3, -0.25) is 0 Å². The molecule has 1 aliphatic rings. The predicted molar refractivity (Wildman–Crippen MR) is 116 cm³/mol. The Morgan fingerprint density at radius 1 is 1.13 bits per heavy atom. The fourth-order valence-electron chi connectivity index (χ4n) is 3.60. The molecular formula is C22H23ClN2O4S. The Morgan fingerprint density at radius 2 is 1.97 bits per heavy atom. The van der Waals surface area contributed by atoms with E-state index in [1.54, 1.807) is 17.4 Å². The molecule has 1 fully saturated rings. The number of benzene rings is 1. The number of hydrogen-bond acceptors (Lipinski definition) is 7. The summed E-state index contributed by atoms with van der Waals surface area (Å²) in [5.74, 6) is 0. The molecule has 4 rings (SSSR count). The number of aliphatic hydroxyl groups excluding tert-OH is 3. The van der Waals surface area contributed by atoms with Gasteiger partial charge in [-0.1, -0.05) is 23.7 Å². The van der Waals surface area contributed by atoms with Gasteiger partial charge in [0.1, 0.15) is 17.9 Å². The number of ether oxygens (including phenoxy) is 1. The zero-order valence-corrected chi connectivity index (χ0v) is 18.0. The standard InChI is InChI=1S/C22H23ClN2O4S/c1-12-2-7-21(30-12)17-6-4-15(24-25-17)9-14-8-13(3-5-16(14)23)19-10-18(27)22(28)20(11-26)29-19/h2-8,18-20,22,26-28H,9-11H2,1H3. The number of aryl methyl sites for hydroxylation is 1. The summed E-state index contributed by atoms with van der Waals surface area (Å²) in [7, 11) is 0. The van der Waals surface area contributed by atoms with Crippen molar-refractivity contribution in [2.24, 2.45) is 0 Å². The van der Waals surface area contributed by atoms with Crippen LogP contribution in [0.5, 0.6) is 0 Å². The first-order valence-corrected chi connectivity index (χ1v) is 10.9. The second-order valence-corrected chi connectivity index (χ2v) is 9.18. The first-order valence-electron chi connectivity index (χ1n) is 9.75. The average Bonchev–Trinajstić information content (AvgIpc) is 3.18. The number of rotatable bonds is 5. The molecule has 0 radical (unpaired) electrons. The Hall–Kier alpha value is -1.87. The topological polar surface area (TPSA) is 95.7 Å². The molecular weight excluding hydrogens is 424 g/mol. The minimum absolute atomic E-state index is 0.244. The molecule has 4 atom stereocenters. The van der Waals surface area contributed by atoms with Gasteiger partial charge in [0.05, 0.1) is 29.4 Å². The largest absolute Gasteiger partial charge is 0.394 e. The number of aliphatic hydroxyl groups is 3. The van der Waals surface area contributed by atoms with Crippen molar-refractivity contribution >= 4 is 22.9 Å². The summed E-state index contributed by atoms with van der Waals surface area (Å²) in [6, 6.07) is 13.5. The molecule has 1 saturated heterocycles. The van der Waals surface area contributed by atoms with Gasteiger partial charge in [0.2, 0.25) is 0 Å². The summed E-state index contributed by atoms with van der Waals surface area (Å²) in [4.78, 5) is 2.31. The van der Waals surface area contributed by atoms with E-state index in [0.29, 0.717) is 11.4 Å². The van der Waals surface area contributed by atoms with E-state index in [1.165, 1.54) is 4.88 Å². The van der Waals surface area contributed by atoms with Crippen molar-refractivity contribution in [2.75, 3.05) is 6.61 Å². The van der Waals surface area contributed by atoms with Crippen LogP contribution in [0.15, 0.2) is 42.5 Å². The predicted octanol–water partition coefficient (Wildman–Crippen LogP) is 3.30. The van der Waals surface area contributed by atoms with Crippen LogP contribution in [0.2, 0.25) is 5.02 Å². The van der Waals surface area contributed by atoms with E-state index in [1.807, 2.05) is 30.3 Å². The summed E-state index contributed by atoms with van der Waals surface area (Å²) in [6.45, 7) is 1.70. The Kier molecular flexibility index (Phi) is 6.48. The van der Waals surface area contributed by atoms with Crippen LogP contribution >= 0.6 is 22.9 Å². The zero-order valence-electron chi connectivity index (χ0n) is 16.4. The van der Waals surface area contributed by atoms with Crippen LogP contribution in [0.4, 0.5) is 0 Å². The third-order valence-electron chi connectivity index (χ3n) is 5.28. The van der Waals surface area contributed by atoms with Gasteiger partial charge in [-0.15, -0.1) is 16.4 Å². The number of hydrogen-bond donors (Lipinski definition) is 3. The SMILES string of the molecule is Cc1ccc(-c2ccc(Cc3cc(C4CC(O)C(O)C(CO)O4)ccc3Cl)nn2)s1. The van der Waals surface area contributed by atoms with Gasteiger partial charge in [0.15, 0.2) is 0 Å². The third kappa shape index (κ3) is 4.56. The fraction of sp³-hybridized carbons (Fsp3) is 0.364. The molecule has 6 nitrogen and oxygen atoms in total. The summed E-state index contributed by atoms with van der Waals surface area (Å²) < 4.78 is 5.79. The first-order chi connectivity index (χ1) is 14.4. The molecule has 1 aliphatic heterocycles. The van der Waals surface area contributed by atoms with E-state index >= 15 is 0 Å². The molecule has 3 N–H and O–H groups in total. The second kappa shape index (κ2) is 9.09. The highest BCUT2D eigenvalue weighted by atomic mass is 35.5. The van der Waals surface area contributed by atoms with Crippen LogP contribution in [0, 0.1) is 6.92 Å². The normalized spacial score (nSPS) is 24.2. The lowest BCUT2D eigenvalue weighted by Gasteiger charge is -2.36. The van der Waals surface area contributed by atoms with E-state index in [-0.39, 0.29) is 13.0 Å². The van der Waals surface area contributed by atoms with Crippen molar-refractivity contribution < 1.29 is 20.1 Å². The van der Waals surface area contributed by atoms with E-state index in [2.05, 4.69) is 23.2 Å². The average molecular weight is 447 g/mol. The maximum Gasteiger partial charge on any atom is 0.110 e. The molecule has 2 aromatic heterocycles. The maximum absolute atomic E-state index is 10.1. The Labute approximate surface area is 183 Å². The van der Waals surface area contributed by atoms with Gasteiger partial charge in [0.25, 0.3) is 0 Å². The zero-order chi connectivity index (χ0) is 21.3. The van der Waals surface area contributed by atoms with Crippen molar-refractivity contribution in [3.05, 3.63) is 69.2 Å². The fourth-order valence-corrected chi connectivity index (χ4v) is 4.62. The lowest BCUT2D eigenvalue weighted by Crippen LogP contribution is -2.47. The van der Waals surface area contributed by atoms with Crippen molar-refractivity contribution in [3.8, 4) is 10.6 Å². The van der Waals surface area contributed by atoms with Gasteiger partial charge in [-0.05, 0) is 48.4 Å².